The highest BCUT2D eigenvalue weighted by Crippen LogP contribution is 2.34. The van der Waals surface area contributed by atoms with Gasteiger partial charge in [0.15, 0.2) is 4.80 Å². The largest absolute Gasteiger partial charge is 0.497 e. The number of allylic oxidation sites excluding steroid dienone is 1. The van der Waals surface area contributed by atoms with Gasteiger partial charge in [-0.3, -0.25) is 9.36 Å². The Morgan fingerprint density at radius 2 is 1.89 bits per heavy atom. The number of alkyl halides is 2. The second kappa shape index (κ2) is 14.3. The number of thiazole rings is 1. The first-order valence-electron chi connectivity index (χ1n) is 14.4. The van der Waals surface area contributed by atoms with E-state index in [4.69, 9.17) is 14.2 Å². The molecule has 4 aromatic rings. The maximum atomic E-state index is 14.0. The number of aromatic nitrogens is 2. The molecule has 0 unspecified atom stereocenters. The molecule has 242 valence electrons. The van der Waals surface area contributed by atoms with Crippen LogP contribution in [0.3, 0.4) is 0 Å². The molecule has 0 bridgehead atoms. The number of methoxy groups -OCH3 is 2. The Balaban J connectivity index is 1.56. The first-order valence-corrected chi connectivity index (χ1v) is 16.2. The summed E-state index contributed by atoms with van der Waals surface area (Å²) in [5, 5.41) is 9.85. The molecule has 0 amide bonds. The minimum atomic E-state index is -2.77. The normalized spacial score (nSPS) is 14.4. The second-order valence-corrected chi connectivity index (χ2v) is 12.4. The lowest BCUT2D eigenvalue weighted by atomic mass is 9.96. The number of nitriles is 1. The summed E-state index contributed by atoms with van der Waals surface area (Å²) in [5.74, 6) is 0.888. The number of halogens is 2. The third-order valence-electron chi connectivity index (χ3n) is 7.45. The van der Waals surface area contributed by atoms with Gasteiger partial charge in [0, 0.05) is 11.3 Å². The predicted molar refractivity (Wildman–Crippen MR) is 175 cm³/mol. The molecule has 1 aliphatic heterocycles. The molecule has 0 radical (unpaired) electrons. The summed E-state index contributed by atoms with van der Waals surface area (Å²) in [6.07, 6.45) is -1.04. The van der Waals surface area contributed by atoms with Gasteiger partial charge in [-0.25, -0.2) is 23.6 Å². The first-order chi connectivity index (χ1) is 22.6. The Bertz CT molecular complexity index is 2100. The monoisotopic (exact) mass is 676 g/mol. The molecule has 2 aromatic carbocycles. The summed E-state index contributed by atoms with van der Waals surface area (Å²) in [6.45, 7) is 5.20. The van der Waals surface area contributed by atoms with E-state index in [2.05, 4.69) is 16.0 Å². The molecule has 1 atom stereocenters. The number of nitrogens with zero attached hydrogens (tertiary/aromatic N) is 4. The molecule has 0 fully saturated rings. The molecule has 9 nitrogen and oxygen atoms in total. The van der Waals surface area contributed by atoms with Crippen molar-refractivity contribution in [2.24, 2.45) is 4.99 Å². The number of fused-ring (bicyclic) bond motifs is 1. The van der Waals surface area contributed by atoms with Crippen molar-refractivity contribution in [3.63, 3.8) is 0 Å². The molecule has 2 aromatic heterocycles. The van der Waals surface area contributed by atoms with E-state index in [0.717, 1.165) is 11.8 Å². The molecule has 0 spiro atoms. The van der Waals surface area contributed by atoms with E-state index in [1.807, 2.05) is 6.07 Å². The second-order valence-electron chi connectivity index (χ2n) is 10.4. The molecular formula is C34H30F2N4O5S2. The van der Waals surface area contributed by atoms with Crippen molar-refractivity contribution in [3.8, 4) is 17.6 Å². The minimum Gasteiger partial charge on any atom is -0.497 e. The van der Waals surface area contributed by atoms with Gasteiger partial charge in [-0.15, -0.1) is 11.8 Å². The number of benzene rings is 2. The van der Waals surface area contributed by atoms with Gasteiger partial charge in [0.1, 0.15) is 28.3 Å². The maximum Gasteiger partial charge on any atom is 0.338 e. The molecule has 3 heterocycles. The standard InChI is InChI=1S/C34H30F2N4O5S2/c1-6-45-33(42)28-19(3)38-34-40(29(28)21-8-10-23(43-4)11-9-21)32(41)27(47-34)15-20-7-12-26(44-5)22(14-20)17-46-31-24(16-37)18(2)13-25(39-31)30(35)36/h7-15,29-30H,6,17H2,1-5H3/b27-15-/t29-/m0/s1. The number of hydrogen-bond donors (Lipinski definition) is 0. The highest BCUT2D eigenvalue weighted by molar-refractivity contribution is 7.98. The number of hydrogen-bond acceptors (Lipinski definition) is 10. The summed E-state index contributed by atoms with van der Waals surface area (Å²) in [6, 6.07) is 15.0. The van der Waals surface area contributed by atoms with Crippen molar-refractivity contribution in [3.05, 3.63) is 113 Å². The van der Waals surface area contributed by atoms with E-state index < -0.39 is 24.1 Å². The van der Waals surface area contributed by atoms with Crippen LogP contribution < -0.4 is 24.4 Å². The Morgan fingerprint density at radius 1 is 1.15 bits per heavy atom. The van der Waals surface area contributed by atoms with Gasteiger partial charge in [0.25, 0.3) is 12.0 Å². The molecular weight excluding hydrogens is 647 g/mol. The number of ether oxygens (including phenoxy) is 3. The van der Waals surface area contributed by atoms with Crippen LogP contribution >= 0.6 is 23.1 Å². The van der Waals surface area contributed by atoms with Crippen molar-refractivity contribution < 1.29 is 27.8 Å². The minimum absolute atomic E-state index is 0.165. The zero-order valence-electron chi connectivity index (χ0n) is 26.2. The quantitative estimate of drug-likeness (QED) is 0.157. The van der Waals surface area contributed by atoms with Crippen LogP contribution in [0, 0.1) is 18.3 Å². The van der Waals surface area contributed by atoms with Crippen LogP contribution in [-0.2, 0) is 15.3 Å². The summed E-state index contributed by atoms with van der Waals surface area (Å²) < 4.78 is 45.0. The fourth-order valence-corrected chi connectivity index (χ4v) is 7.30. The van der Waals surface area contributed by atoms with Crippen molar-refractivity contribution in [2.75, 3.05) is 20.8 Å². The first kappa shape index (κ1) is 33.6. The summed E-state index contributed by atoms with van der Waals surface area (Å²) in [5.41, 5.74) is 2.74. The van der Waals surface area contributed by atoms with Crippen LogP contribution in [0.1, 0.15) is 59.8 Å². The Morgan fingerprint density at radius 3 is 2.53 bits per heavy atom. The lowest BCUT2D eigenvalue weighted by Gasteiger charge is -2.24. The number of carbonyl (C=O) groups excluding carboxylic acids is 1. The SMILES string of the molecule is CCOC(=O)C1=C(C)N=c2s/c(=C\c3ccc(OC)c(CSc4nc(C(F)F)cc(C)c4C#N)c3)c(=O)n2[C@H]1c1ccc(OC)cc1. The van der Waals surface area contributed by atoms with Gasteiger partial charge < -0.3 is 14.2 Å². The van der Waals surface area contributed by atoms with Gasteiger partial charge in [-0.05, 0) is 73.9 Å². The topological polar surface area (TPSA) is 116 Å². The van der Waals surface area contributed by atoms with E-state index in [1.54, 1.807) is 70.4 Å². The van der Waals surface area contributed by atoms with Crippen LogP contribution in [0.5, 0.6) is 11.5 Å². The lowest BCUT2D eigenvalue weighted by Crippen LogP contribution is -2.39. The smallest absolute Gasteiger partial charge is 0.338 e. The molecule has 0 saturated carbocycles. The lowest BCUT2D eigenvalue weighted by molar-refractivity contribution is -0.139. The summed E-state index contributed by atoms with van der Waals surface area (Å²) >= 11 is 2.34. The fraction of sp³-hybridized carbons (Fsp3) is 0.265. The van der Waals surface area contributed by atoms with E-state index in [9.17, 15) is 23.6 Å². The van der Waals surface area contributed by atoms with Crippen LogP contribution in [-0.4, -0.2) is 36.3 Å². The molecule has 0 saturated heterocycles. The van der Waals surface area contributed by atoms with Crippen molar-refractivity contribution in [1.82, 2.24) is 9.55 Å². The summed E-state index contributed by atoms with van der Waals surface area (Å²) in [4.78, 5) is 36.3. The number of rotatable bonds is 10. The predicted octanol–water partition coefficient (Wildman–Crippen LogP) is 5.62. The maximum absolute atomic E-state index is 14.0. The van der Waals surface area contributed by atoms with E-state index >= 15 is 0 Å². The Labute approximate surface area is 277 Å². The van der Waals surface area contributed by atoms with Crippen LogP contribution in [0.4, 0.5) is 8.78 Å². The molecule has 0 aliphatic carbocycles. The Hall–Kier alpha value is -4.80. The number of carbonyl (C=O) groups is 1. The van der Waals surface area contributed by atoms with Gasteiger partial charge >= 0.3 is 5.97 Å². The molecule has 0 N–H and O–H groups in total. The highest BCUT2D eigenvalue weighted by Gasteiger charge is 2.33. The fourth-order valence-electron chi connectivity index (χ4n) is 5.21. The zero-order valence-corrected chi connectivity index (χ0v) is 27.8. The van der Waals surface area contributed by atoms with Crippen LogP contribution in [0.25, 0.3) is 6.08 Å². The van der Waals surface area contributed by atoms with Crippen molar-refractivity contribution >= 4 is 35.1 Å². The third kappa shape index (κ3) is 6.84. The van der Waals surface area contributed by atoms with Gasteiger partial charge in [0.05, 0.1) is 48.2 Å². The molecule has 47 heavy (non-hydrogen) atoms. The number of aryl methyl sites for hydroxylation is 1. The third-order valence-corrected chi connectivity index (χ3v) is 9.46. The summed E-state index contributed by atoms with van der Waals surface area (Å²) in [7, 11) is 3.08. The van der Waals surface area contributed by atoms with Gasteiger partial charge in [-0.1, -0.05) is 29.5 Å². The molecule has 13 heteroatoms. The molecule has 1 aliphatic rings. The molecule has 5 rings (SSSR count). The van der Waals surface area contributed by atoms with Crippen LogP contribution in [0.2, 0.25) is 0 Å². The number of thioether (sulfide) groups is 1. The van der Waals surface area contributed by atoms with Crippen molar-refractivity contribution in [1.29, 1.82) is 5.26 Å². The average molecular weight is 677 g/mol. The zero-order chi connectivity index (χ0) is 33.8. The van der Waals surface area contributed by atoms with E-state index in [0.29, 0.717) is 48.8 Å². The number of pyridine rings is 1. The van der Waals surface area contributed by atoms with Gasteiger partial charge in [0.2, 0.25) is 0 Å². The van der Waals surface area contributed by atoms with Crippen LogP contribution in [0.15, 0.2) is 74.6 Å². The van der Waals surface area contributed by atoms with E-state index in [1.165, 1.54) is 29.1 Å². The highest BCUT2D eigenvalue weighted by atomic mass is 32.2. The number of esters is 1. The average Bonchev–Trinajstić information content (AvgIpc) is 3.36. The van der Waals surface area contributed by atoms with Crippen molar-refractivity contribution in [2.45, 2.75) is 44.0 Å². The van der Waals surface area contributed by atoms with Gasteiger partial charge in [-0.2, -0.15) is 5.26 Å². The van der Waals surface area contributed by atoms with E-state index in [-0.39, 0.29) is 34.1 Å². The Kier molecular flexibility index (Phi) is 10.2.